The van der Waals surface area contributed by atoms with Gasteiger partial charge < -0.3 is 5.11 Å². The van der Waals surface area contributed by atoms with Crippen LogP contribution in [0.2, 0.25) is 0 Å². The molecule has 1 heterocycles. The Hall–Kier alpha value is -1.59. The lowest BCUT2D eigenvalue weighted by atomic mass is 10.1. The zero-order chi connectivity index (χ0) is 10.8. The second kappa shape index (κ2) is 3.65. The van der Waals surface area contributed by atoms with E-state index >= 15 is 0 Å². The molecule has 0 aromatic carbocycles. The van der Waals surface area contributed by atoms with Gasteiger partial charge in [-0.3, -0.25) is 9.78 Å². The highest BCUT2D eigenvalue weighted by Gasteiger charge is 2.32. The maximum Gasteiger partial charge on any atom is 0.433 e. The van der Waals surface area contributed by atoms with Gasteiger partial charge in [0.2, 0.25) is 0 Å². The fraction of sp³-hybridized carbons (Fsp3) is 0.250. The molecule has 0 spiro atoms. The monoisotopic (exact) mass is 205 g/mol. The molecule has 1 N–H and O–H groups in total. The molecule has 0 aliphatic carbocycles. The van der Waals surface area contributed by atoms with Crippen LogP contribution in [-0.2, 0) is 17.4 Å². The van der Waals surface area contributed by atoms with Crippen LogP contribution in [0.3, 0.4) is 0 Å². The molecule has 0 saturated heterocycles. The van der Waals surface area contributed by atoms with Gasteiger partial charge in [0.25, 0.3) is 0 Å². The van der Waals surface area contributed by atoms with E-state index in [1.54, 1.807) is 0 Å². The fourth-order valence-corrected chi connectivity index (χ4v) is 0.914. The van der Waals surface area contributed by atoms with Crippen molar-refractivity contribution in [2.75, 3.05) is 0 Å². The van der Waals surface area contributed by atoms with Crippen LogP contribution in [0.15, 0.2) is 18.3 Å². The maximum absolute atomic E-state index is 12.1. The zero-order valence-electron chi connectivity index (χ0n) is 6.88. The van der Waals surface area contributed by atoms with E-state index in [9.17, 15) is 18.0 Å². The molecule has 0 aliphatic rings. The number of halogens is 3. The average Bonchev–Trinajstić information content (AvgIpc) is 2.01. The Balaban J connectivity index is 2.95. The van der Waals surface area contributed by atoms with E-state index in [2.05, 4.69) is 4.98 Å². The molecular weight excluding hydrogens is 199 g/mol. The lowest BCUT2D eigenvalue weighted by molar-refractivity contribution is -0.141. The number of pyridine rings is 1. The number of carbonyl (C=O) groups is 1. The van der Waals surface area contributed by atoms with E-state index in [1.165, 1.54) is 6.07 Å². The first-order valence-corrected chi connectivity index (χ1v) is 3.63. The highest BCUT2D eigenvalue weighted by Crippen LogP contribution is 2.27. The standard InChI is InChI=1S/C8H6F3NO2/c9-8(10,11)6-3-5(1-2-12-6)4-7(13)14/h1-3H,4H2,(H,13,14). The van der Waals surface area contributed by atoms with Crippen molar-refractivity contribution in [2.24, 2.45) is 0 Å². The Morgan fingerprint density at radius 3 is 2.64 bits per heavy atom. The zero-order valence-corrected chi connectivity index (χ0v) is 6.88. The minimum Gasteiger partial charge on any atom is -0.481 e. The quantitative estimate of drug-likeness (QED) is 0.799. The van der Waals surface area contributed by atoms with Gasteiger partial charge in [0.15, 0.2) is 0 Å². The van der Waals surface area contributed by atoms with Crippen molar-refractivity contribution in [3.63, 3.8) is 0 Å². The third-order valence-electron chi connectivity index (χ3n) is 1.47. The lowest BCUT2D eigenvalue weighted by Gasteiger charge is -2.05. The topological polar surface area (TPSA) is 50.2 Å². The van der Waals surface area contributed by atoms with Gasteiger partial charge in [0, 0.05) is 6.20 Å². The van der Waals surface area contributed by atoms with Gasteiger partial charge in [-0.2, -0.15) is 13.2 Å². The van der Waals surface area contributed by atoms with Gasteiger partial charge in [-0.1, -0.05) is 0 Å². The van der Waals surface area contributed by atoms with Crippen molar-refractivity contribution in [2.45, 2.75) is 12.6 Å². The molecule has 0 fully saturated rings. The summed E-state index contributed by atoms with van der Waals surface area (Å²) in [6.45, 7) is 0. The molecule has 76 valence electrons. The third kappa shape index (κ3) is 2.72. The molecule has 0 radical (unpaired) electrons. The van der Waals surface area contributed by atoms with E-state index in [4.69, 9.17) is 5.11 Å². The third-order valence-corrected chi connectivity index (χ3v) is 1.47. The number of alkyl halides is 3. The summed E-state index contributed by atoms with van der Waals surface area (Å²) in [4.78, 5) is 13.3. The second-order valence-electron chi connectivity index (χ2n) is 2.62. The van der Waals surface area contributed by atoms with Gasteiger partial charge in [-0.25, -0.2) is 0 Å². The molecule has 1 rings (SSSR count). The highest BCUT2D eigenvalue weighted by molar-refractivity contribution is 5.70. The fourth-order valence-electron chi connectivity index (χ4n) is 0.914. The first-order chi connectivity index (χ1) is 6.39. The Morgan fingerprint density at radius 2 is 2.14 bits per heavy atom. The molecule has 14 heavy (non-hydrogen) atoms. The number of nitrogens with zero attached hydrogens (tertiary/aromatic N) is 1. The summed E-state index contributed by atoms with van der Waals surface area (Å²) < 4.78 is 36.3. The van der Waals surface area contributed by atoms with Gasteiger partial charge >= 0.3 is 12.1 Å². The molecule has 0 aliphatic heterocycles. The number of hydrogen-bond acceptors (Lipinski definition) is 2. The number of carboxylic acids is 1. The van der Waals surface area contributed by atoms with Crippen molar-refractivity contribution < 1.29 is 23.1 Å². The van der Waals surface area contributed by atoms with Crippen LogP contribution in [-0.4, -0.2) is 16.1 Å². The number of aromatic nitrogens is 1. The predicted octanol–water partition coefficient (Wildman–Crippen LogP) is 1.73. The molecule has 1 aromatic heterocycles. The normalized spacial score (nSPS) is 11.4. The number of aliphatic carboxylic acids is 1. The summed E-state index contributed by atoms with van der Waals surface area (Å²) in [6.07, 6.45) is -4.03. The van der Waals surface area contributed by atoms with E-state index in [-0.39, 0.29) is 5.56 Å². The first kappa shape index (κ1) is 10.5. The van der Waals surface area contributed by atoms with Crippen LogP contribution in [0.1, 0.15) is 11.3 Å². The SMILES string of the molecule is O=C(O)Cc1ccnc(C(F)(F)F)c1. The number of rotatable bonds is 2. The van der Waals surface area contributed by atoms with Crippen LogP contribution in [0.4, 0.5) is 13.2 Å². The van der Waals surface area contributed by atoms with E-state index in [0.717, 1.165) is 12.3 Å². The lowest BCUT2D eigenvalue weighted by Crippen LogP contribution is -2.09. The van der Waals surface area contributed by atoms with Crippen LogP contribution < -0.4 is 0 Å². The summed E-state index contributed by atoms with van der Waals surface area (Å²) in [5.74, 6) is -1.18. The van der Waals surface area contributed by atoms with Crippen LogP contribution in [0.5, 0.6) is 0 Å². The smallest absolute Gasteiger partial charge is 0.433 e. The molecular formula is C8H6F3NO2. The molecule has 1 aromatic rings. The molecule has 0 bridgehead atoms. The van der Waals surface area contributed by atoms with Crippen LogP contribution in [0, 0.1) is 0 Å². The van der Waals surface area contributed by atoms with Gasteiger partial charge in [-0.05, 0) is 17.7 Å². The molecule has 0 amide bonds. The summed E-state index contributed by atoms with van der Waals surface area (Å²) >= 11 is 0. The van der Waals surface area contributed by atoms with Crippen molar-refractivity contribution >= 4 is 5.97 Å². The van der Waals surface area contributed by atoms with Crippen molar-refractivity contribution in [1.29, 1.82) is 0 Å². The van der Waals surface area contributed by atoms with Gasteiger partial charge in [-0.15, -0.1) is 0 Å². The Morgan fingerprint density at radius 1 is 1.50 bits per heavy atom. The highest BCUT2D eigenvalue weighted by atomic mass is 19.4. The Kier molecular flexibility index (Phi) is 2.73. The largest absolute Gasteiger partial charge is 0.481 e. The summed E-state index contributed by atoms with van der Waals surface area (Å²) in [6, 6.07) is 1.97. The average molecular weight is 205 g/mol. The predicted molar refractivity (Wildman–Crippen MR) is 40.6 cm³/mol. The van der Waals surface area contributed by atoms with E-state index in [0.29, 0.717) is 0 Å². The molecule has 0 unspecified atom stereocenters. The summed E-state index contributed by atoms with van der Waals surface area (Å²) in [7, 11) is 0. The maximum atomic E-state index is 12.1. The molecule has 6 heteroatoms. The molecule has 0 atom stereocenters. The molecule has 0 saturated carbocycles. The van der Waals surface area contributed by atoms with E-state index < -0.39 is 24.3 Å². The van der Waals surface area contributed by atoms with Crippen molar-refractivity contribution in [3.05, 3.63) is 29.6 Å². The van der Waals surface area contributed by atoms with Crippen molar-refractivity contribution in [1.82, 2.24) is 4.98 Å². The second-order valence-corrected chi connectivity index (χ2v) is 2.62. The summed E-state index contributed by atoms with van der Waals surface area (Å²) in [5.41, 5.74) is -0.990. The minimum atomic E-state index is -4.53. The number of hydrogen-bond donors (Lipinski definition) is 1. The van der Waals surface area contributed by atoms with Gasteiger partial charge in [0.05, 0.1) is 6.42 Å². The first-order valence-electron chi connectivity index (χ1n) is 3.63. The number of carboxylic acid groups (broad SMARTS) is 1. The Bertz CT molecular complexity index is 349. The molecule has 3 nitrogen and oxygen atoms in total. The van der Waals surface area contributed by atoms with Gasteiger partial charge in [0.1, 0.15) is 5.69 Å². The van der Waals surface area contributed by atoms with Crippen LogP contribution >= 0.6 is 0 Å². The van der Waals surface area contributed by atoms with Crippen molar-refractivity contribution in [3.8, 4) is 0 Å². The minimum absolute atomic E-state index is 0.0832. The Labute approximate surface area is 77.2 Å². The summed E-state index contributed by atoms with van der Waals surface area (Å²) in [5, 5.41) is 8.36. The van der Waals surface area contributed by atoms with E-state index in [1.807, 2.05) is 0 Å². The van der Waals surface area contributed by atoms with Crippen LogP contribution in [0.25, 0.3) is 0 Å².